The first-order chi connectivity index (χ1) is 15.1. The lowest BCUT2D eigenvalue weighted by atomic mass is 10.0. The minimum absolute atomic E-state index is 0.0289. The van der Waals surface area contributed by atoms with Gasteiger partial charge in [-0.25, -0.2) is 4.79 Å². The van der Waals surface area contributed by atoms with Gasteiger partial charge in [0, 0.05) is 46.2 Å². The first-order valence-electron chi connectivity index (χ1n) is 10.2. The number of carbonyl (C=O) groups is 1. The van der Waals surface area contributed by atoms with Crippen LogP contribution in [0.3, 0.4) is 0 Å². The second-order valence-corrected chi connectivity index (χ2v) is 11.2. The number of thiophene rings is 1. The van der Waals surface area contributed by atoms with Crippen LogP contribution in [-0.2, 0) is 11.3 Å². The van der Waals surface area contributed by atoms with Gasteiger partial charge in [-0.2, -0.15) is 0 Å². The van der Waals surface area contributed by atoms with Gasteiger partial charge in [0.1, 0.15) is 11.4 Å². The third kappa shape index (κ3) is 5.03. The van der Waals surface area contributed by atoms with E-state index in [1.165, 1.54) is 11.3 Å². The lowest BCUT2D eigenvalue weighted by Crippen LogP contribution is -2.53. The molecule has 32 heavy (non-hydrogen) atoms. The van der Waals surface area contributed by atoms with Gasteiger partial charge in [0.05, 0.1) is 27.9 Å². The van der Waals surface area contributed by atoms with Crippen molar-refractivity contribution in [2.24, 2.45) is 5.92 Å². The van der Waals surface area contributed by atoms with Crippen LogP contribution in [0.15, 0.2) is 34.9 Å². The monoisotopic (exact) mass is 538 g/mol. The molecule has 1 saturated heterocycles. The lowest BCUT2D eigenvalue weighted by Gasteiger charge is -2.39. The number of pyridine rings is 1. The maximum Gasteiger partial charge on any atom is 0.410 e. The van der Waals surface area contributed by atoms with E-state index in [1.54, 1.807) is 17.2 Å². The van der Waals surface area contributed by atoms with Crippen LogP contribution in [0.5, 0.6) is 5.75 Å². The summed E-state index contributed by atoms with van der Waals surface area (Å²) in [6.07, 6.45) is 1.45. The van der Waals surface area contributed by atoms with Crippen LogP contribution in [0, 0.1) is 5.92 Å². The van der Waals surface area contributed by atoms with E-state index in [2.05, 4.69) is 20.9 Å². The molecule has 0 radical (unpaired) electrons. The number of benzene rings is 1. The fourth-order valence-electron chi connectivity index (χ4n) is 3.54. The summed E-state index contributed by atoms with van der Waals surface area (Å²) in [5.74, 6) is 0.912. The lowest BCUT2D eigenvalue weighted by molar-refractivity contribution is -0.00782. The molecule has 1 aliphatic heterocycles. The fraction of sp³-hybridized carbons (Fsp3) is 0.391. The predicted molar refractivity (Wildman–Crippen MR) is 130 cm³/mol. The molecular weight excluding hydrogens is 516 g/mol. The molecule has 2 aromatic heterocycles. The first kappa shape index (κ1) is 23.3. The third-order valence-electron chi connectivity index (χ3n) is 4.99. The molecule has 1 fully saturated rings. The predicted octanol–water partition coefficient (Wildman–Crippen LogP) is 6.12. The Morgan fingerprint density at radius 2 is 2.06 bits per heavy atom. The third-order valence-corrected chi connectivity index (χ3v) is 6.94. The van der Waals surface area contributed by atoms with Crippen LogP contribution < -0.4 is 4.74 Å². The summed E-state index contributed by atoms with van der Waals surface area (Å²) in [4.78, 5) is 19.1. The van der Waals surface area contributed by atoms with Gasteiger partial charge in [0.2, 0.25) is 0 Å². The number of aliphatic hydroxyl groups is 1. The molecule has 4 rings (SSSR count). The van der Waals surface area contributed by atoms with Gasteiger partial charge in [-0.3, -0.25) is 4.98 Å². The smallest absolute Gasteiger partial charge is 0.410 e. The van der Waals surface area contributed by atoms with Crippen molar-refractivity contribution >= 4 is 55.2 Å². The molecule has 0 bridgehead atoms. The maximum atomic E-state index is 12.2. The van der Waals surface area contributed by atoms with Gasteiger partial charge in [-0.05, 0) is 61.0 Å². The second-order valence-electron chi connectivity index (χ2n) is 8.77. The van der Waals surface area contributed by atoms with E-state index in [4.69, 9.17) is 21.1 Å². The average Bonchev–Trinajstić information content (AvgIpc) is 3.09. The zero-order valence-corrected chi connectivity index (χ0v) is 21.2. The number of rotatable bonds is 5. The van der Waals surface area contributed by atoms with E-state index < -0.39 is 5.60 Å². The highest BCUT2D eigenvalue weighted by molar-refractivity contribution is 9.10. The first-order valence-corrected chi connectivity index (χ1v) is 12.2. The molecule has 1 aromatic carbocycles. The summed E-state index contributed by atoms with van der Waals surface area (Å²) in [6, 6.07) is 7.50. The van der Waals surface area contributed by atoms with E-state index in [0.29, 0.717) is 30.5 Å². The standard InChI is InChI=1S/C23H24BrClN2O4S/c1-23(2,3)31-22(29)27-9-13(10-27)12-30-20-17(6-14(25)7-18(20)24)16-4-5-26-19-8-15(11-28)32-21(16)19/h4-8,13,28H,9-12H2,1-3H3. The normalized spacial score (nSPS) is 14.5. The Morgan fingerprint density at radius 1 is 1.31 bits per heavy atom. The van der Waals surface area contributed by atoms with Gasteiger partial charge in [-0.15, -0.1) is 11.3 Å². The van der Waals surface area contributed by atoms with E-state index >= 15 is 0 Å². The summed E-state index contributed by atoms with van der Waals surface area (Å²) < 4.78 is 13.4. The number of carbonyl (C=O) groups excluding carboxylic acids is 1. The van der Waals surface area contributed by atoms with E-state index in [9.17, 15) is 9.90 Å². The zero-order valence-electron chi connectivity index (χ0n) is 18.0. The van der Waals surface area contributed by atoms with Crippen molar-refractivity contribution in [1.29, 1.82) is 0 Å². The van der Waals surface area contributed by atoms with Crippen LogP contribution in [0.2, 0.25) is 5.02 Å². The summed E-state index contributed by atoms with van der Waals surface area (Å²) in [6.45, 7) is 7.21. The van der Waals surface area contributed by atoms with Crippen molar-refractivity contribution in [3.05, 3.63) is 44.8 Å². The van der Waals surface area contributed by atoms with Crippen molar-refractivity contribution in [1.82, 2.24) is 9.88 Å². The minimum atomic E-state index is -0.505. The van der Waals surface area contributed by atoms with Crippen LogP contribution in [0.4, 0.5) is 4.79 Å². The van der Waals surface area contributed by atoms with Gasteiger partial charge in [0.15, 0.2) is 0 Å². The van der Waals surface area contributed by atoms with Crippen LogP contribution >= 0.6 is 38.9 Å². The summed E-state index contributed by atoms with van der Waals surface area (Å²) in [5, 5.41) is 10.1. The molecular formula is C23H24BrClN2O4S. The Hall–Kier alpha value is -1.87. The molecule has 3 aromatic rings. The van der Waals surface area contributed by atoms with Crippen molar-refractivity contribution < 1.29 is 19.4 Å². The number of amides is 1. The van der Waals surface area contributed by atoms with Crippen LogP contribution in [0.25, 0.3) is 21.3 Å². The molecule has 0 saturated carbocycles. The molecule has 1 N–H and O–H groups in total. The number of ether oxygens (including phenoxy) is 2. The molecule has 1 aliphatic rings. The second kappa shape index (κ2) is 9.17. The molecule has 170 valence electrons. The highest BCUT2D eigenvalue weighted by Crippen LogP contribution is 2.43. The van der Waals surface area contributed by atoms with Crippen molar-refractivity contribution in [2.45, 2.75) is 33.0 Å². The van der Waals surface area contributed by atoms with Crippen LogP contribution in [0.1, 0.15) is 25.6 Å². The molecule has 6 nitrogen and oxygen atoms in total. The average molecular weight is 540 g/mol. The number of nitrogens with zero attached hydrogens (tertiary/aromatic N) is 2. The number of fused-ring (bicyclic) bond motifs is 1. The Bertz CT molecular complexity index is 1150. The molecule has 0 spiro atoms. The molecule has 9 heteroatoms. The van der Waals surface area contributed by atoms with Crippen molar-refractivity contribution in [3.8, 4) is 16.9 Å². The molecule has 0 atom stereocenters. The van der Waals surface area contributed by atoms with E-state index in [-0.39, 0.29) is 18.6 Å². The number of hydrogen-bond donors (Lipinski definition) is 1. The largest absolute Gasteiger partial charge is 0.491 e. The molecule has 3 heterocycles. The minimum Gasteiger partial charge on any atom is -0.491 e. The number of hydrogen-bond acceptors (Lipinski definition) is 6. The van der Waals surface area contributed by atoms with Gasteiger partial charge >= 0.3 is 6.09 Å². The Balaban J connectivity index is 1.53. The molecule has 0 unspecified atom stereocenters. The zero-order chi connectivity index (χ0) is 23.0. The SMILES string of the molecule is CC(C)(C)OC(=O)N1CC(COc2c(Br)cc(Cl)cc2-c2ccnc3cc(CO)sc23)C1. The Morgan fingerprint density at radius 3 is 2.75 bits per heavy atom. The van der Waals surface area contributed by atoms with Crippen LogP contribution in [-0.4, -0.2) is 46.4 Å². The summed E-state index contributed by atoms with van der Waals surface area (Å²) in [7, 11) is 0. The van der Waals surface area contributed by atoms with Crippen molar-refractivity contribution in [3.63, 3.8) is 0 Å². The number of halogens is 2. The van der Waals surface area contributed by atoms with Gasteiger partial charge < -0.3 is 19.5 Å². The summed E-state index contributed by atoms with van der Waals surface area (Å²) >= 11 is 11.5. The highest BCUT2D eigenvalue weighted by atomic mass is 79.9. The fourth-order valence-corrected chi connectivity index (χ4v) is 5.46. The molecule has 0 aliphatic carbocycles. The van der Waals surface area contributed by atoms with Gasteiger partial charge in [0.25, 0.3) is 0 Å². The van der Waals surface area contributed by atoms with Crippen molar-refractivity contribution in [2.75, 3.05) is 19.7 Å². The van der Waals surface area contributed by atoms with E-state index in [0.717, 1.165) is 30.7 Å². The van der Waals surface area contributed by atoms with Gasteiger partial charge in [-0.1, -0.05) is 11.6 Å². The topological polar surface area (TPSA) is 71.9 Å². The quantitative estimate of drug-likeness (QED) is 0.423. The number of aromatic nitrogens is 1. The highest BCUT2D eigenvalue weighted by Gasteiger charge is 2.34. The Kier molecular flexibility index (Phi) is 6.68. The Labute approximate surface area is 204 Å². The summed E-state index contributed by atoms with van der Waals surface area (Å²) in [5.41, 5.74) is 2.12. The molecule has 1 amide bonds. The number of likely N-dealkylation sites (tertiary alicyclic amines) is 1. The number of aliphatic hydroxyl groups excluding tert-OH is 1. The van der Waals surface area contributed by atoms with E-state index in [1.807, 2.05) is 39.0 Å². The maximum absolute atomic E-state index is 12.2.